The second kappa shape index (κ2) is 34.7. The first kappa shape index (κ1) is 42.8. The Morgan fingerprint density at radius 2 is 0.909 bits per heavy atom. The van der Waals surface area contributed by atoms with Crippen molar-refractivity contribution in [3.63, 3.8) is 0 Å². The van der Waals surface area contributed by atoms with Crippen molar-refractivity contribution < 1.29 is 20.1 Å². The van der Waals surface area contributed by atoms with Gasteiger partial charge in [0.2, 0.25) is 5.91 Å². The SMILES string of the molecule is CCCCCCCCCC/C=C/C(O)C(CO)NC(=O)C(O)CCCCCCCC/C=C\CCCCCCCCCCCC. The summed E-state index contributed by atoms with van der Waals surface area (Å²) in [5.74, 6) is -0.510. The first-order valence-electron chi connectivity index (χ1n) is 19.2. The van der Waals surface area contributed by atoms with E-state index in [4.69, 9.17) is 0 Å². The second-order valence-corrected chi connectivity index (χ2v) is 13.1. The van der Waals surface area contributed by atoms with E-state index >= 15 is 0 Å². The molecular formula is C39H75NO4. The number of allylic oxidation sites excluding steroid dienone is 3. The lowest BCUT2D eigenvalue weighted by Crippen LogP contribution is -2.48. The molecule has 0 aliphatic carbocycles. The molecule has 5 heteroatoms. The number of carbonyl (C=O) groups is 1. The Morgan fingerprint density at radius 1 is 0.545 bits per heavy atom. The average molecular weight is 622 g/mol. The summed E-state index contributed by atoms with van der Waals surface area (Å²) in [5.41, 5.74) is 0. The van der Waals surface area contributed by atoms with Crippen LogP contribution in [0, 0.1) is 0 Å². The van der Waals surface area contributed by atoms with Gasteiger partial charge in [0.1, 0.15) is 6.10 Å². The minimum absolute atomic E-state index is 0.365. The highest BCUT2D eigenvalue weighted by Gasteiger charge is 2.22. The maximum atomic E-state index is 12.4. The van der Waals surface area contributed by atoms with Gasteiger partial charge in [-0.05, 0) is 44.9 Å². The molecule has 4 N–H and O–H groups in total. The van der Waals surface area contributed by atoms with Crippen LogP contribution in [0.5, 0.6) is 0 Å². The third-order valence-electron chi connectivity index (χ3n) is 8.79. The molecule has 0 spiro atoms. The van der Waals surface area contributed by atoms with Gasteiger partial charge in [-0.3, -0.25) is 4.79 Å². The summed E-state index contributed by atoms with van der Waals surface area (Å²) in [4.78, 5) is 12.4. The van der Waals surface area contributed by atoms with Crippen molar-refractivity contribution in [1.82, 2.24) is 5.32 Å². The molecule has 0 saturated heterocycles. The highest BCUT2D eigenvalue weighted by molar-refractivity contribution is 5.80. The largest absolute Gasteiger partial charge is 0.394 e. The van der Waals surface area contributed by atoms with E-state index in [0.717, 1.165) is 32.1 Å². The minimum Gasteiger partial charge on any atom is -0.394 e. The number of rotatable bonds is 34. The fourth-order valence-corrected chi connectivity index (χ4v) is 5.71. The first-order valence-corrected chi connectivity index (χ1v) is 19.2. The van der Waals surface area contributed by atoms with Crippen LogP contribution in [0.25, 0.3) is 0 Å². The lowest BCUT2D eigenvalue weighted by molar-refractivity contribution is -0.131. The molecule has 0 bridgehead atoms. The maximum Gasteiger partial charge on any atom is 0.249 e. The molecule has 260 valence electrons. The number of amides is 1. The molecular weight excluding hydrogens is 546 g/mol. The van der Waals surface area contributed by atoms with Crippen molar-refractivity contribution >= 4 is 5.91 Å². The van der Waals surface area contributed by atoms with Gasteiger partial charge in [-0.1, -0.05) is 173 Å². The standard InChI is InChI=1S/C39H75NO4/c1-3-5-7-9-11-13-15-16-17-18-19-20-21-22-23-24-26-28-30-32-34-38(43)39(44)40-36(35-41)37(42)33-31-29-27-25-14-12-10-8-6-4-2/h20-21,31,33,36-38,41-43H,3-19,22-30,32,34-35H2,1-2H3,(H,40,44)/b21-20-,33-31+. The lowest BCUT2D eigenvalue weighted by atomic mass is 10.0. The molecule has 0 saturated carbocycles. The van der Waals surface area contributed by atoms with E-state index in [-0.39, 0.29) is 6.61 Å². The van der Waals surface area contributed by atoms with Crippen molar-refractivity contribution in [2.24, 2.45) is 0 Å². The summed E-state index contributed by atoms with van der Waals surface area (Å²) in [5, 5.41) is 32.9. The van der Waals surface area contributed by atoms with Crippen LogP contribution in [0.3, 0.4) is 0 Å². The fourth-order valence-electron chi connectivity index (χ4n) is 5.71. The third kappa shape index (κ3) is 29.5. The predicted octanol–water partition coefficient (Wildman–Crippen LogP) is 10.3. The summed E-state index contributed by atoms with van der Waals surface area (Å²) in [6.45, 7) is 4.15. The van der Waals surface area contributed by atoms with Gasteiger partial charge in [0.15, 0.2) is 0 Å². The van der Waals surface area contributed by atoms with Crippen molar-refractivity contribution in [2.45, 2.75) is 212 Å². The summed E-state index contributed by atoms with van der Waals surface area (Å²) >= 11 is 0. The molecule has 44 heavy (non-hydrogen) atoms. The molecule has 0 aromatic carbocycles. The van der Waals surface area contributed by atoms with E-state index in [0.29, 0.717) is 6.42 Å². The van der Waals surface area contributed by atoms with Crippen LogP contribution in [-0.4, -0.2) is 46.1 Å². The monoisotopic (exact) mass is 622 g/mol. The van der Waals surface area contributed by atoms with Gasteiger partial charge in [0, 0.05) is 0 Å². The number of aliphatic hydroxyl groups is 3. The summed E-state index contributed by atoms with van der Waals surface area (Å²) in [7, 11) is 0. The summed E-state index contributed by atoms with van der Waals surface area (Å²) in [6, 6.07) is -0.795. The van der Waals surface area contributed by atoms with Gasteiger partial charge >= 0.3 is 0 Å². The minimum atomic E-state index is -1.10. The van der Waals surface area contributed by atoms with E-state index in [1.165, 1.54) is 141 Å². The molecule has 0 aliphatic rings. The van der Waals surface area contributed by atoms with Gasteiger partial charge in [0.25, 0.3) is 0 Å². The number of unbranched alkanes of at least 4 members (excludes halogenated alkanes) is 24. The number of carbonyl (C=O) groups excluding carboxylic acids is 1. The van der Waals surface area contributed by atoms with E-state index in [1.54, 1.807) is 6.08 Å². The number of hydrogen-bond acceptors (Lipinski definition) is 4. The Labute approximate surface area is 273 Å². The van der Waals surface area contributed by atoms with Gasteiger partial charge in [-0.2, -0.15) is 0 Å². The number of hydrogen-bond donors (Lipinski definition) is 4. The lowest BCUT2D eigenvalue weighted by Gasteiger charge is -2.21. The van der Waals surface area contributed by atoms with E-state index in [1.807, 2.05) is 6.08 Å². The van der Waals surface area contributed by atoms with Gasteiger partial charge in [0.05, 0.1) is 18.8 Å². The van der Waals surface area contributed by atoms with Crippen LogP contribution >= 0.6 is 0 Å². The Hall–Kier alpha value is -1.17. The first-order chi connectivity index (χ1) is 21.6. The molecule has 5 nitrogen and oxygen atoms in total. The highest BCUT2D eigenvalue weighted by atomic mass is 16.3. The van der Waals surface area contributed by atoms with Crippen molar-refractivity contribution in [1.29, 1.82) is 0 Å². The van der Waals surface area contributed by atoms with Crippen LogP contribution in [0.4, 0.5) is 0 Å². The molecule has 0 aromatic rings. The summed E-state index contributed by atoms with van der Waals surface area (Å²) in [6.07, 6.45) is 40.6. The molecule has 3 unspecified atom stereocenters. The second-order valence-electron chi connectivity index (χ2n) is 13.1. The Kier molecular flexibility index (Phi) is 33.8. The molecule has 0 aliphatic heterocycles. The van der Waals surface area contributed by atoms with Crippen molar-refractivity contribution in [3.05, 3.63) is 24.3 Å². The topological polar surface area (TPSA) is 89.8 Å². The van der Waals surface area contributed by atoms with Gasteiger partial charge in [-0.25, -0.2) is 0 Å². The van der Waals surface area contributed by atoms with Crippen LogP contribution in [0.15, 0.2) is 24.3 Å². The van der Waals surface area contributed by atoms with Crippen molar-refractivity contribution in [3.8, 4) is 0 Å². The molecule has 0 radical (unpaired) electrons. The number of nitrogens with one attached hydrogen (secondary N) is 1. The molecule has 0 aromatic heterocycles. The highest BCUT2D eigenvalue weighted by Crippen LogP contribution is 2.14. The third-order valence-corrected chi connectivity index (χ3v) is 8.79. The predicted molar refractivity (Wildman–Crippen MR) is 190 cm³/mol. The quantitative estimate of drug-likeness (QED) is 0.0425. The average Bonchev–Trinajstić information content (AvgIpc) is 3.03. The normalized spacial score (nSPS) is 14.0. The summed E-state index contributed by atoms with van der Waals surface area (Å²) < 4.78 is 0. The van der Waals surface area contributed by atoms with E-state index in [9.17, 15) is 20.1 Å². The Bertz CT molecular complexity index is 650. The van der Waals surface area contributed by atoms with Gasteiger partial charge in [-0.15, -0.1) is 0 Å². The van der Waals surface area contributed by atoms with Crippen LogP contribution in [-0.2, 0) is 4.79 Å². The molecule has 1 amide bonds. The Morgan fingerprint density at radius 3 is 1.32 bits per heavy atom. The zero-order valence-corrected chi connectivity index (χ0v) is 29.3. The smallest absolute Gasteiger partial charge is 0.249 e. The molecule has 0 rings (SSSR count). The zero-order chi connectivity index (χ0) is 32.4. The van der Waals surface area contributed by atoms with Gasteiger partial charge < -0.3 is 20.6 Å². The van der Waals surface area contributed by atoms with E-state index < -0.39 is 24.2 Å². The zero-order valence-electron chi connectivity index (χ0n) is 29.3. The Balaban J connectivity index is 3.69. The fraction of sp³-hybridized carbons (Fsp3) is 0.872. The molecule has 0 fully saturated rings. The van der Waals surface area contributed by atoms with Crippen LogP contribution in [0.1, 0.15) is 194 Å². The van der Waals surface area contributed by atoms with Crippen LogP contribution in [0.2, 0.25) is 0 Å². The molecule has 0 heterocycles. The maximum absolute atomic E-state index is 12.4. The molecule has 3 atom stereocenters. The van der Waals surface area contributed by atoms with E-state index in [2.05, 4.69) is 31.3 Å². The number of aliphatic hydroxyl groups excluding tert-OH is 3. The van der Waals surface area contributed by atoms with Crippen LogP contribution < -0.4 is 5.32 Å². The van der Waals surface area contributed by atoms with Crippen molar-refractivity contribution in [2.75, 3.05) is 6.61 Å².